The minimum Gasteiger partial charge on any atom is -0.349 e. The summed E-state index contributed by atoms with van der Waals surface area (Å²) in [5, 5.41) is 3.07. The van der Waals surface area contributed by atoms with Crippen LogP contribution in [-0.4, -0.2) is 19.4 Å². The number of hydrogen-bond donors (Lipinski definition) is 1. The third-order valence-electron chi connectivity index (χ3n) is 4.71. The van der Waals surface area contributed by atoms with Crippen molar-refractivity contribution in [2.24, 2.45) is 0 Å². The Morgan fingerprint density at radius 2 is 1.67 bits per heavy atom. The SMILES string of the molecule is CC(O[C@H]1OCCN[C@H]1c1ccc(F)cc1)c1cc(C(F)(F)F)ccc1C(F)(F)F. The van der Waals surface area contributed by atoms with Crippen molar-refractivity contribution in [3.63, 3.8) is 0 Å². The van der Waals surface area contributed by atoms with Crippen molar-refractivity contribution in [3.05, 3.63) is 70.5 Å². The van der Waals surface area contributed by atoms with E-state index < -0.39 is 53.3 Å². The van der Waals surface area contributed by atoms with E-state index in [0.29, 0.717) is 30.3 Å². The summed E-state index contributed by atoms with van der Waals surface area (Å²) in [6.45, 7) is 1.82. The van der Waals surface area contributed by atoms with Gasteiger partial charge >= 0.3 is 12.4 Å². The Hall–Kier alpha value is -2.17. The van der Waals surface area contributed by atoms with Crippen LogP contribution in [0.5, 0.6) is 0 Å². The number of benzene rings is 2. The minimum atomic E-state index is -4.86. The van der Waals surface area contributed by atoms with Gasteiger partial charge in [-0.1, -0.05) is 12.1 Å². The van der Waals surface area contributed by atoms with Crippen LogP contribution in [0.25, 0.3) is 0 Å². The summed E-state index contributed by atoms with van der Waals surface area (Å²) in [6.07, 6.45) is -12.1. The van der Waals surface area contributed by atoms with Crippen molar-refractivity contribution < 1.29 is 40.2 Å². The van der Waals surface area contributed by atoms with E-state index >= 15 is 0 Å². The van der Waals surface area contributed by atoms with Crippen molar-refractivity contribution >= 4 is 0 Å². The molecule has 1 fully saturated rings. The normalized spacial score (nSPS) is 21.5. The van der Waals surface area contributed by atoms with Gasteiger partial charge in [-0.15, -0.1) is 0 Å². The Morgan fingerprint density at radius 1 is 1.00 bits per heavy atom. The molecule has 10 heteroatoms. The second kappa shape index (κ2) is 8.52. The summed E-state index contributed by atoms with van der Waals surface area (Å²) in [5.41, 5.74) is -2.51. The van der Waals surface area contributed by atoms with Crippen LogP contribution < -0.4 is 5.32 Å². The van der Waals surface area contributed by atoms with Crippen LogP contribution >= 0.6 is 0 Å². The number of nitrogens with one attached hydrogen (secondary N) is 1. The number of halogens is 7. The number of morpholine rings is 1. The van der Waals surface area contributed by atoms with Crippen LogP contribution in [0.1, 0.15) is 41.3 Å². The van der Waals surface area contributed by atoms with Gasteiger partial charge in [-0.3, -0.25) is 0 Å². The van der Waals surface area contributed by atoms with E-state index in [2.05, 4.69) is 5.32 Å². The zero-order valence-electron chi connectivity index (χ0n) is 15.6. The van der Waals surface area contributed by atoms with Crippen molar-refractivity contribution in [1.82, 2.24) is 5.32 Å². The predicted molar refractivity (Wildman–Crippen MR) is 92.8 cm³/mol. The molecule has 1 unspecified atom stereocenters. The standard InChI is InChI=1S/C20H18F7NO2/c1-11(15-10-13(19(22,23)24)4-7-16(15)20(25,26)27)30-18-17(28-8-9-29-18)12-2-5-14(21)6-3-12/h2-7,10-11,17-18,28H,8-9H2,1H3/t11?,17-,18+/m0/s1. The van der Waals surface area contributed by atoms with Crippen LogP contribution in [-0.2, 0) is 21.8 Å². The Balaban J connectivity index is 1.91. The molecule has 1 saturated heterocycles. The second-order valence-electron chi connectivity index (χ2n) is 6.80. The molecular weight excluding hydrogens is 419 g/mol. The fourth-order valence-electron chi connectivity index (χ4n) is 3.25. The molecule has 0 aromatic heterocycles. The predicted octanol–water partition coefficient (Wildman–Crippen LogP) is 5.63. The summed E-state index contributed by atoms with van der Waals surface area (Å²) in [6, 6.07) is 5.94. The van der Waals surface area contributed by atoms with Gasteiger partial charge in [0.2, 0.25) is 0 Å². The largest absolute Gasteiger partial charge is 0.416 e. The Kier molecular flexibility index (Phi) is 6.40. The van der Waals surface area contributed by atoms with Gasteiger partial charge in [-0.2, -0.15) is 26.3 Å². The summed E-state index contributed by atoms with van der Waals surface area (Å²) < 4.78 is 104. The van der Waals surface area contributed by atoms with E-state index in [1.54, 1.807) is 0 Å². The molecule has 0 saturated carbocycles. The van der Waals surface area contributed by atoms with Crippen LogP contribution in [0, 0.1) is 5.82 Å². The molecule has 0 aliphatic carbocycles. The lowest BCUT2D eigenvalue weighted by Gasteiger charge is -2.35. The molecular formula is C20H18F7NO2. The van der Waals surface area contributed by atoms with Crippen molar-refractivity contribution in [3.8, 4) is 0 Å². The van der Waals surface area contributed by atoms with Gasteiger partial charge in [0, 0.05) is 6.54 Å². The minimum absolute atomic E-state index is 0.184. The van der Waals surface area contributed by atoms with E-state index in [9.17, 15) is 30.7 Å². The smallest absolute Gasteiger partial charge is 0.349 e. The first-order chi connectivity index (χ1) is 14.0. The van der Waals surface area contributed by atoms with Gasteiger partial charge in [-0.05, 0) is 48.4 Å². The molecule has 3 nitrogen and oxygen atoms in total. The lowest BCUT2D eigenvalue weighted by Crippen LogP contribution is -2.43. The van der Waals surface area contributed by atoms with Crippen molar-refractivity contribution in [2.75, 3.05) is 13.2 Å². The van der Waals surface area contributed by atoms with Crippen molar-refractivity contribution in [2.45, 2.75) is 37.7 Å². The zero-order valence-corrected chi connectivity index (χ0v) is 15.6. The fraction of sp³-hybridized carbons (Fsp3) is 0.400. The molecule has 0 radical (unpaired) electrons. The highest BCUT2D eigenvalue weighted by Gasteiger charge is 2.39. The van der Waals surface area contributed by atoms with Gasteiger partial charge in [-0.25, -0.2) is 4.39 Å². The summed E-state index contributed by atoms with van der Waals surface area (Å²) in [5.74, 6) is -0.472. The third kappa shape index (κ3) is 5.11. The monoisotopic (exact) mass is 437 g/mol. The van der Waals surface area contributed by atoms with Crippen molar-refractivity contribution in [1.29, 1.82) is 0 Å². The van der Waals surface area contributed by atoms with Gasteiger partial charge in [0.1, 0.15) is 5.82 Å². The molecule has 1 aliphatic heterocycles. The number of hydrogen-bond acceptors (Lipinski definition) is 3. The van der Waals surface area contributed by atoms with Gasteiger partial charge < -0.3 is 14.8 Å². The maximum absolute atomic E-state index is 13.4. The van der Waals surface area contributed by atoms with Gasteiger partial charge in [0.05, 0.1) is 29.9 Å². The first-order valence-electron chi connectivity index (χ1n) is 9.01. The zero-order chi connectivity index (χ0) is 22.1. The molecule has 3 rings (SSSR count). The highest BCUT2D eigenvalue weighted by Crippen LogP contribution is 2.40. The quantitative estimate of drug-likeness (QED) is 0.630. The van der Waals surface area contributed by atoms with Gasteiger partial charge in [0.15, 0.2) is 6.29 Å². The molecule has 0 amide bonds. The molecule has 30 heavy (non-hydrogen) atoms. The molecule has 164 valence electrons. The van der Waals surface area contributed by atoms with E-state index in [1.807, 2.05) is 0 Å². The van der Waals surface area contributed by atoms with E-state index in [0.717, 1.165) is 0 Å². The summed E-state index contributed by atoms with van der Waals surface area (Å²) >= 11 is 0. The topological polar surface area (TPSA) is 30.5 Å². The fourth-order valence-corrected chi connectivity index (χ4v) is 3.25. The third-order valence-corrected chi connectivity index (χ3v) is 4.71. The number of ether oxygens (including phenoxy) is 2. The Bertz CT molecular complexity index is 865. The van der Waals surface area contributed by atoms with E-state index in [4.69, 9.17) is 9.47 Å². The average Bonchev–Trinajstić information content (AvgIpc) is 2.67. The highest BCUT2D eigenvalue weighted by molar-refractivity contribution is 5.37. The summed E-state index contributed by atoms with van der Waals surface area (Å²) in [4.78, 5) is 0. The molecule has 1 N–H and O–H groups in total. The highest BCUT2D eigenvalue weighted by atomic mass is 19.4. The van der Waals surface area contributed by atoms with Gasteiger partial charge in [0.25, 0.3) is 0 Å². The first-order valence-corrected chi connectivity index (χ1v) is 9.01. The number of rotatable bonds is 4. The lowest BCUT2D eigenvalue weighted by atomic mass is 9.99. The second-order valence-corrected chi connectivity index (χ2v) is 6.80. The molecule has 2 aromatic carbocycles. The van der Waals surface area contributed by atoms with E-state index in [1.165, 1.54) is 31.2 Å². The average molecular weight is 437 g/mol. The molecule has 1 heterocycles. The van der Waals surface area contributed by atoms with Crippen LogP contribution in [0.2, 0.25) is 0 Å². The maximum Gasteiger partial charge on any atom is 0.416 e. The Morgan fingerprint density at radius 3 is 2.27 bits per heavy atom. The molecule has 0 bridgehead atoms. The van der Waals surface area contributed by atoms with E-state index in [-0.39, 0.29) is 6.61 Å². The Labute approximate surface area is 167 Å². The molecule has 0 spiro atoms. The maximum atomic E-state index is 13.4. The first kappa shape index (κ1) is 22.5. The van der Waals surface area contributed by atoms with Crippen LogP contribution in [0.3, 0.4) is 0 Å². The molecule has 1 aliphatic rings. The van der Waals surface area contributed by atoms with Crippen LogP contribution in [0.15, 0.2) is 42.5 Å². The lowest BCUT2D eigenvalue weighted by molar-refractivity contribution is -0.202. The molecule has 3 atom stereocenters. The van der Waals surface area contributed by atoms with Crippen LogP contribution in [0.4, 0.5) is 30.7 Å². The molecule has 2 aromatic rings. The summed E-state index contributed by atoms with van der Waals surface area (Å²) in [7, 11) is 0. The number of alkyl halides is 6.